The van der Waals surface area contributed by atoms with Gasteiger partial charge in [0.15, 0.2) is 0 Å². The van der Waals surface area contributed by atoms with Crippen LogP contribution in [0.15, 0.2) is 67.0 Å². The molecule has 51 heavy (non-hydrogen) atoms. The van der Waals surface area contributed by atoms with Crippen LogP contribution in [0.2, 0.25) is 5.02 Å². The van der Waals surface area contributed by atoms with Crippen molar-refractivity contribution in [3.8, 4) is 28.1 Å². The average molecular weight is 710 g/mol. The van der Waals surface area contributed by atoms with E-state index in [4.69, 9.17) is 16.3 Å². The molecule has 4 heterocycles. The number of likely N-dealkylation sites (tertiary alicyclic amines) is 1. The number of halogens is 1. The first-order valence-electron chi connectivity index (χ1n) is 17.4. The van der Waals surface area contributed by atoms with Gasteiger partial charge in [-0.2, -0.15) is 0 Å². The molecular weight excluding hydrogens is 666 g/mol. The Hall–Kier alpha value is -4.84. The van der Waals surface area contributed by atoms with Crippen molar-refractivity contribution in [2.45, 2.75) is 64.7 Å². The minimum absolute atomic E-state index is 0.0975. The Bertz CT molecular complexity index is 1890. The van der Waals surface area contributed by atoms with Gasteiger partial charge in [0.25, 0.3) is 5.91 Å². The molecule has 0 spiro atoms. The molecule has 0 aliphatic carbocycles. The van der Waals surface area contributed by atoms with Gasteiger partial charge < -0.3 is 30.9 Å². The zero-order valence-electron chi connectivity index (χ0n) is 29.2. The van der Waals surface area contributed by atoms with E-state index in [9.17, 15) is 14.4 Å². The summed E-state index contributed by atoms with van der Waals surface area (Å²) >= 11 is 7.07. The van der Waals surface area contributed by atoms with Crippen molar-refractivity contribution in [3.05, 3.63) is 94.4 Å². The predicted octanol–water partition coefficient (Wildman–Crippen LogP) is 5.50. The van der Waals surface area contributed by atoms with Crippen LogP contribution in [-0.2, 0) is 22.7 Å². The van der Waals surface area contributed by atoms with E-state index in [0.29, 0.717) is 54.2 Å². The van der Waals surface area contributed by atoms with E-state index in [0.717, 1.165) is 71.5 Å². The summed E-state index contributed by atoms with van der Waals surface area (Å²) < 4.78 is 5.78. The average Bonchev–Trinajstić information content (AvgIpc) is 3.56. The number of piperidine rings is 1. The molecule has 2 aromatic carbocycles. The molecule has 1 atom stereocenters. The minimum atomic E-state index is -0.312. The standard InChI is InChI=1S/C39H44ClN7O4/c1-24-31(5-4-6-33(24)46-39(50)34-11-7-26(21-44-34)20-41-23-30-10-12-36(49)45-30)32-13-16-42-38(37(32)40)27-8-9-28(35(19-27)51-3)22-43-29-14-17-47(18-15-29)25(2)48/h4-9,11,13,16,19,21,29-30,41,43H,10,12,14-15,17-18,20,22-23H2,1-3H3,(H,45,49)(H,46,50). The summed E-state index contributed by atoms with van der Waals surface area (Å²) in [5.41, 5.74) is 6.92. The summed E-state index contributed by atoms with van der Waals surface area (Å²) in [7, 11) is 1.66. The van der Waals surface area contributed by atoms with Crippen molar-refractivity contribution < 1.29 is 19.1 Å². The van der Waals surface area contributed by atoms with Crippen LogP contribution in [0.3, 0.4) is 0 Å². The summed E-state index contributed by atoms with van der Waals surface area (Å²) in [4.78, 5) is 47.2. The highest BCUT2D eigenvalue weighted by Crippen LogP contribution is 2.39. The Morgan fingerprint density at radius 1 is 1.02 bits per heavy atom. The zero-order valence-corrected chi connectivity index (χ0v) is 30.0. The maximum atomic E-state index is 13.2. The third-order valence-electron chi connectivity index (χ3n) is 9.71. The van der Waals surface area contributed by atoms with E-state index in [2.05, 4.69) is 31.2 Å². The first kappa shape index (κ1) is 36.0. The first-order valence-corrected chi connectivity index (χ1v) is 17.7. The zero-order chi connectivity index (χ0) is 35.9. The number of pyridine rings is 2. The van der Waals surface area contributed by atoms with Crippen LogP contribution in [0.4, 0.5) is 5.69 Å². The van der Waals surface area contributed by atoms with Crippen molar-refractivity contribution in [3.63, 3.8) is 0 Å². The quantitative estimate of drug-likeness (QED) is 0.151. The van der Waals surface area contributed by atoms with E-state index in [1.54, 1.807) is 32.5 Å². The Kier molecular flexibility index (Phi) is 11.6. The Morgan fingerprint density at radius 2 is 1.84 bits per heavy atom. The monoisotopic (exact) mass is 709 g/mol. The molecule has 11 nitrogen and oxygen atoms in total. The number of amides is 3. The van der Waals surface area contributed by atoms with Gasteiger partial charge in [-0.1, -0.05) is 41.9 Å². The van der Waals surface area contributed by atoms with E-state index >= 15 is 0 Å². The topological polar surface area (TPSA) is 138 Å². The van der Waals surface area contributed by atoms with Gasteiger partial charge in [-0.05, 0) is 67.1 Å². The van der Waals surface area contributed by atoms with E-state index in [-0.39, 0.29) is 23.8 Å². The molecule has 2 aliphatic rings. The van der Waals surface area contributed by atoms with E-state index < -0.39 is 0 Å². The number of hydrogen-bond acceptors (Lipinski definition) is 8. The summed E-state index contributed by atoms with van der Waals surface area (Å²) in [6, 6.07) is 17.7. The Morgan fingerprint density at radius 3 is 2.55 bits per heavy atom. The second kappa shape index (κ2) is 16.5. The molecule has 3 amide bonds. The van der Waals surface area contributed by atoms with Gasteiger partial charge in [-0.25, -0.2) is 0 Å². The van der Waals surface area contributed by atoms with E-state index in [1.807, 2.05) is 60.4 Å². The van der Waals surface area contributed by atoms with Crippen molar-refractivity contribution in [1.82, 2.24) is 30.8 Å². The highest BCUT2D eigenvalue weighted by Gasteiger charge is 2.22. The normalized spacial score (nSPS) is 16.2. The second-order valence-electron chi connectivity index (χ2n) is 13.1. The first-order chi connectivity index (χ1) is 24.7. The molecule has 4 aromatic rings. The summed E-state index contributed by atoms with van der Waals surface area (Å²) in [6.45, 7) is 7.04. The van der Waals surface area contributed by atoms with Crippen molar-refractivity contribution in [2.24, 2.45) is 0 Å². The molecule has 0 radical (unpaired) electrons. The van der Waals surface area contributed by atoms with Crippen LogP contribution in [0.25, 0.3) is 22.4 Å². The van der Waals surface area contributed by atoms with Gasteiger partial charge in [-0.3, -0.25) is 24.4 Å². The summed E-state index contributed by atoms with van der Waals surface area (Å²) in [5, 5.41) is 13.4. The van der Waals surface area contributed by atoms with Crippen LogP contribution in [0.5, 0.6) is 5.75 Å². The lowest BCUT2D eigenvalue weighted by atomic mass is 9.97. The molecule has 0 bridgehead atoms. The lowest BCUT2D eigenvalue weighted by molar-refractivity contribution is -0.130. The van der Waals surface area contributed by atoms with Crippen LogP contribution >= 0.6 is 11.6 Å². The third kappa shape index (κ3) is 8.73. The van der Waals surface area contributed by atoms with Crippen LogP contribution < -0.4 is 26.0 Å². The molecule has 12 heteroatoms. The molecule has 2 aromatic heterocycles. The molecule has 2 saturated heterocycles. The second-order valence-corrected chi connectivity index (χ2v) is 13.5. The number of carbonyl (C=O) groups is 3. The van der Waals surface area contributed by atoms with Gasteiger partial charge in [0.2, 0.25) is 11.8 Å². The fourth-order valence-corrected chi connectivity index (χ4v) is 7.00. The van der Waals surface area contributed by atoms with Gasteiger partial charge >= 0.3 is 0 Å². The lowest BCUT2D eigenvalue weighted by Crippen LogP contribution is -2.43. The Balaban J connectivity index is 1.11. The molecular formula is C39H44ClN7O4. The van der Waals surface area contributed by atoms with Gasteiger partial charge in [0.1, 0.15) is 11.4 Å². The minimum Gasteiger partial charge on any atom is -0.496 e. The lowest BCUT2D eigenvalue weighted by Gasteiger charge is -2.32. The maximum absolute atomic E-state index is 13.2. The number of nitrogens with zero attached hydrogens (tertiary/aromatic N) is 3. The number of benzene rings is 2. The fraction of sp³-hybridized carbons (Fsp3) is 0.359. The Labute approximate surface area is 303 Å². The highest BCUT2D eigenvalue weighted by atomic mass is 35.5. The number of carbonyl (C=O) groups excluding carboxylic acids is 3. The molecule has 2 aliphatic heterocycles. The van der Waals surface area contributed by atoms with E-state index in [1.165, 1.54) is 0 Å². The number of aromatic nitrogens is 2. The molecule has 266 valence electrons. The summed E-state index contributed by atoms with van der Waals surface area (Å²) in [5.74, 6) is 0.654. The number of nitrogens with one attached hydrogen (secondary N) is 4. The molecule has 4 N–H and O–H groups in total. The largest absolute Gasteiger partial charge is 0.496 e. The highest BCUT2D eigenvalue weighted by molar-refractivity contribution is 6.35. The number of hydrogen-bond donors (Lipinski definition) is 4. The number of methoxy groups -OCH3 is 1. The predicted molar refractivity (Wildman–Crippen MR) is 199 cm³/mol. The van der Waals surface area contributed by atoms with Crippen LogP contribution in [0, 0.1) is 6.92 Å². The SMILES string of the molecule is COc1cc(-c2nccc(-c3cccc(NC(=O)c4ccc(CNCC5CCC(=O)N5)cn4)c3C)c2Cl)ccc1CNC1CCN(C(C)=O)CC1. The van der Waals surface area contributed by atoms with Crippen LogP contribution in [0.1, 0.15) is 59.8 Å². The number of ether oxygens (including phenoxy) is 1. The van der Waals surface area contributed by atoms with Crippen LogP contribution in [-0.4, -0.2) is 71.4 Å². The summed E-state index contributed by atoms with van der Waals surface area (Å²) in [6.07, 6.45) is 6.68. The number of rotatable bonds is 12. The third-order valence-corrected chi connectivity index (χ3v) is 10.1. The number of anilines is 1. The molecule has 0 saturated carbocycles. The molecule has 1 unspecified atom stereocenters. The molecule has 2 fully saturated rings. The molecule has 6 rings (SSSR count). The van der Waals surface area contributed by atoms with Gasteiger partial charge in [0, 0.05) is 92.9 Å². The van der Waals surface area contributed by atoms with Crippen molar-refractivity contribution >= 4 is 35.0 Å². The van der Waals surface area contributed by atoms with Gasteiger partial charge in [0.05, 0.1) is 17.8 Å². The van der Waals surface area contributed by atoms with Crippen molar-refractivity contribution in [1.29, 1.82) is 0 Å². The maximum Gasteiger partial charge on any atom is 0.274 e. The van der Waals surface area contributed by atoms with Gasteiger partial charge in [-0.15, -0.1) is 0 Å². The smallest absolute Gasteiger partial charge is 0.274 e. The fourth-order valence-electron chi connectivity index (χ4n) is 6.68. The van der Waals surface area contributed by atoms with Crippen molar-refractivity contribution in [2.75, 3.05) is 32.1 Å².